The zero-order valence-electron chi connectivity index (χ0n) is 18.2. The molecule has 1 unspecified atom stereocenters. The van der Waals surface area contributed by atoms with Crippen LogP contribution in [0, 0.1) is 6.92 Å². The summed E-state index contributed by atoms with van der Waals surface area (Å²) in [4.78, 5) is 4.79. The zero-order valence-corrected chi connectivity index (χ0v) is 21.3. The Morgan fingerprint density at radius 1 is 1.03 bits per heavy atom. The van der Waals surface area contributed by atoms with Crippen LogP contribution in [-0.2, 0) is 6.42 Å². The number of aromatic nitrogens is 1. The summed E-state index contributed by atoms with van der Waals surface area (Å²) in [5.74, 6) is -1.83. The summed E-state index contributed by atoms with van der Waals surface area (Å²) in [7, 11) is 0. The lowest BCUT2D eigenvalue weighted by Crippen LogP contribution is -2.18. The molecule has 0 saturated carbocycles. The van der Waals surface area contributed by atoms with Crippen LogP contribution in [0.3, 0.4) is 0 Å². The molecule has 0 aliphatic carbocycles. The number of hydrogen-bond acceptors (Lipinski definition) is 2. The van der Waals surface area contributed by atoms with Crippen LogP contribution in [-0.4, -0.2) is 16.0 Å². The largest absolute Gasteiger partial charge is 0.399 e. The van der Waals surface area contributed by atoms with Crippen molar-refractivity contribution in [1.82, 2.24) is 4.98 Å². The highest BCUT2D eigenvalue weighted by atomic mass is 35.5. The molecule has 2 aromatic carbocycles. The van der Waals surface area contributed by atoms with Crippen molar-refractivity contribution in [2.24, 2.45) is 0 Å². The molecule has 1 nitrogen and oxygen atoms in total. The Morgan fingerprint density at radius 3 is 2.35 bits per heavy atom. The number of aryl methyl sites for hydroxylation is 2. The molecule has 0 spiro atoms. The van der Waals surface area contributed by atoms with Crippen molar-refractivity contribution in [3.05, 3.63) is 104 Å². The molecule has 8 heteroatoms. The average Bonchev–Trinajstić information content (AvgIpc) is 2.72. The van der Waals surface area contributed by atoms with Gasteiger partial charge in [-0.25, -0.2) is 4.98 Å². The predicted octanol–water partition coefficient (Wildman–Crippen LogP) is 9.45. The quantitative estimate of drug-likeness (QED) is 0.160. The van der Waals surface area contributed by atoms with Crippen molar-refractivity contribution in [3.8, 4) is 0 Å². The highest BCUT2D eigenvalue weighted by molar-refractivity contribution is 7.80. The molecule has 0 aliphatic heterocycles. The third-order valence-electron chi connectivity index (χ3n) is 5.29. The third-order valence-corrected chi connectivity index (χ3v) is 6.36. The predicted molar refractivity (Wildman–Crippen MR) is 139 cm³/mol. The molecule has 0 bridgehead atoms. The summed E-state index contributed by atoms with van der Waals surface area (Å²) < 4.78 is 41.2. The van der Waals surface area contributed by atoms with Gasteiger partial charge in [-0.1, -0.05) is 77.4 Å². The number of pyridine rings is 1. The van der Waals surface area contributed by atoms with Crippen LogP contribution in [0.2, 0.25) is 15.2 Å². The first-order valence-electron chi connectivity index (χ1n) is 10.5. The van der Waals surface area contributed by atoms with E-state index in [4.69, 9.17) is 47.0 Å². The first kappa shape index (κ1) is 26.7. The second-order valence-electron chi connectivity index (χ2n) is 7.92. The Kier molecular flexibility index (Phi) is 9.16. The molecule has 34 heavy (non-hydrogen) atoms. The number of allylic oxidation sites excluding steroid dienone is 1. The van der Waals surface area contributed by atoms with E-state index in [9.17, 15) is 13.2 Å². The topological polar surface area (TPSA) is 12.9 Å². The van der Waals surface area contributed by atoms with E-state index in [2.05, 4.69) is 4.98 Å². The van der Waals surface area contributed by atoms with Crippen molar-refractivity contribution in [1.29, 1.82) is 0 Å². The first-order chi connectivity index (χ1) is 16.0. The van der Waals surface area contributed by atoms with Crippen molar-refractivity contribution in [2.45, 2.75) is 38.3 Å². The van der Waals surface area contributed by atoms with Gasteiger partial charge in [0.2, 0.25) is 0 Å². The van der Waals surface area contributed by atoms with E-state index < -0.39 is 12.1 Å². The SMILES string of the molecule is Cc1cc(/C=C/C(c2cc(Cl)cc(Cl)c2)C(F)(F)F)ccc1C(=S)CCCc1ccnc(Cl)c1. The zero-order chi connectivity index (χ0) is 24.9. The number of thiocarbonyl (C=S) groups is 1. The number of rotatable bonds is 8. The van der Waals surface area contributed by atoms with Gasteiger partial charge < -0.3 is 0 Å². The lowest BCUT2D eigenvalue weighted by molar-refractivity contribution is -0.139. The summed E-state index contributed by atoms with van der Waals surface area (Å²) >= 11 is 23.3. The van der Waals surface area contributed by atoms with Crippen molar-refractivity contribution >= 4 is 58.0 Å². The third kappa shape index (κ3) is 7.54. The summed E-state index contributed by atoms with van der Waals surface area (Å²) in [6.07, 6.45) is 2.17. The Hall–Kier alpha value is -1.92. The molecule has 1 aromatic heterocycles. The summed E-state index contributed by atoms with van der Waals surface area (Å²) in [5.41, 5.74) is 3.58. The van der Waals surface area contributed by atoms with Gasteiger partial charge in [-0.2, -0.15) is 13.2 Å². The van der Waals surface area contributed by atoms with E-state index in [0.717, 1.165) is 46.9 Å². The maximum atomic E-state index is 13.7. The van der Waals surface area contributed by atoms with Crippen LogP contribution in [0.1, 0.15) is 46.6 Å². The van der Waals surface area contributed by atoms with Gasteiger partial charge in [-0.05, 0) is 84.3 Å². The summed E-state index contributed by atoms with van der Waals surface area (Å²) in [6.45, 7) is 1.90. The molecule has 1 heterocycles. The second kappa shape index (κ2) is 11.7. The smallest absolute Gasteiger partial charge is 0.245 e. The molecule has 0 fully saturated rings. The molecule has 178 valence electrons. The summed E-state index contributed by atoms with van der Waals surface area (Å²) in [5, 5.41) is 0.780. The van der Waals surface area contributed by atoms with Gasteiger partial charge in [0, 0.05) is 21.1 Å². The lowest BCUT2D eigenvalue weighted by atomic mass is 9.95. The highest BCUT2D eigenvalue weighted by Gasteiger charge is 2.39. The van der Waals surface area contributed by atoms with Crippen LogP contribution in [0.15, 0.2) is 60.8 Å². The van der Waals surface area contributed by atoms with E-state index >= 15 is 0 Å². The number of benzene rings is 2. The van der Waals surface area contributed by atoms with Gasteiger partial charge in [0.15, 0.2) is 0 Å². The maximum absolute atomic E-state index is 13.7. The maximum Gasteiger partial charge on any atom is 0.399 e. The van der Waals surface area contributed by atoms with Gasteiger partial charge in [-0.3, -0.25) is 0 Å². The van der Waals surface area contributed by atoms with Crippen molar-refractivity contribution < 1.29 is 13.2 Å². The number of alkyl halides is 3. The fourth-order valence-electron chi connectivity index (χ4n) is 3.66. The highest BCUT2D eigenvalue weighted by Crippen LogP contribution is 2.38. The van der Waals surface area contributed by atoms with E-state index in [1.54, 1.807) is 12.3 Å². The van der Waals surface area contributed by atoms with Crippen molar-refractivity contribution in [2.75, 3.05) is 0 Å². The Bertz CT molecular complexity index is 1190. The molecule has 3 aromatic rings. The molecular formula is C26H21Cl3F3NS. The normalized spacial score (nSPS) is 12.8. The molecule has 0 amide bonds. The average molecular weight is 543 g/mol. The van der Waals surface area contributed by atoms with Crippen LogP contribution >= 0.6 is 47.0 Å². The van der Waals surface area contributed by atoms with Gasteiger partial charge >= 0.3 is 6.18 Å². The standard InChI is InChI=1S/C26H21Cl3F3NS/c1-16-11-18(6-8-23(26(30,31)32)19-13-20(27)15-21(28)14-19)5-7-22(16)24(34)4-2-3-17-9-10-33-25(29)12-17/h5-15,23H,2-4H2,1H3/b8-6+. The Labute approximate surface area is 217 Å². The van der Waals surface area contributed by atoms with Gasteiger partial charge in [0.25, 0.3) is 0 Å². The minimum absolute atomic E-state index is 0.00810. The van der Waals surface area contributed by atoms with Gasteiger partial charge in [-0.15, -0.1) is 0 Å². The number of halogens is 6. The molecule has 0 N–H and O–H groups in total. The number of nitrogens with zero attached hydrogens (tertiary/aromatic N) is 1. The van der Waals surface area contributed by atoms with Crippen molar-refractivity contribution in [3.63, 3.8) is 0 Å². The first-order valence-corrected chi connectivity index (χ1v) is 12.0. The van der Waals surface area contributed by atoms with Crippen LogP contribution in [0.5, 0.6) is 0 Å². The lowest BCUT2D eigenvalue weighted by Gasteiger charge is -2.18. The molecule has 3 rings (SSSR count). The molecule has 0 aliphatic rings. The fraction of sp³-hybridized carbons (Fsp3) is 0.231. The van der Waals surface area contributed by atoms with Crippen LogP contribution in [0.4, 0.5) is 13.2 Å². The molecule has 0 saturated heterocycles. The fourth-order valence-corrected chi connectivity index (χ4v) is 4.77. The van der Waals surface area contributed by atoms with Gasteiger partial charge in [0.1, 0.15) is 5.15 Å². The van der Waals surface area contributed by atoms with E-state index in [1.165, 1.54) is 24.3 Å². The van der Waals surface area contributed by atoms with Crippen LogP contribution in [0.25, 0.3) is 6.08 Å². The van der Waals surface area contributed by atoms with E-state index in [-0.39, 0.29) is 15.6 Å². The minimum atomic E-state index is -4.49. The Morgan fingerprint density at radius 2 is 1.74 bits per heavy atom. The Balaban J connectivity index is 1.70. The molecular weight excluding hydrogens is 522 g/mol. The van der Waals surface area contributed by atoms with Crippen LogP contribution < -0.4 is 0 Å². The number of hydrogen-bond donors (Lipinski definition) is 0. The molecule has 0 radical (unpaired) electrons. The second-order valence-corrected chi connectivity index (χ2v) is 9.67. The minimum Gasteiger partial charge on any atom is -0.245 e. The summed E-state index contributed by atoms with van der Waals surface area (Å²) in [6, 6.07) is 13.2. The molecule has 1 atom stereocenters. The van der Waals surface area contributed by atoms with E-state index in [0.29, 0.717) is 10.7 Å². The van der Waals surface area contributed by atoms with E-state index in [1.807, 2.05) is 31.2 Å². The van der Waals surface area contributed by atoms with Gasteiger partial charge in [0.05, 0.1) is 5.92 Å². The monoisotopic (exact) mass is 541 g/mol.